The Kier molecular flexibility index (Phi) is 5.91. The van der Waals surface area contributed by atoms with Crippen LogP contribution in [0.3, 0.4) is 0 Å². The quantitative estimate of drug-likeness (QED) is 0.632. The lowest BCUT2D eigenvalue weighted by molar-refractivity contribution is -0.150. The Balaban J connectivity index is 1.54. The molecule has 1 heterocycles. The van der Waals surface area contributed by atoms with E-state index in [-0.39, 0.29) is 24.5 Å². The van der Waals surface area contributed by atoms with Crippen LogP contribution in [0.2, 0.25) is 0 Å². The van der Waals surface area contributed by atoms with Crippen LogP contribution in [0, 0.1) is 0 Å². The summed E-state index contributed by atoms with van der Waals surface area (Å²) in [6.07, 6.45) is 0.611. The first kappa shape index (κ1) is 18.7. The summed E-state index contributed by atoms with van der Waals surface area (Å²) in [5.41, 5.74) is 1.66. The van der Waals surface area contributed by atoms with Crippen LogP contribution in [0.25, 0.3) is 11.0 Å². The normalized spacial score (nSPS) is 13.1. The van der Waals surface area contributed by atoms with E-state index in [0.29, 0.717) is 12.2 Å². The average molecular weight is 365 g/mol. The van der Waals surface area contributed by atoms with Gasteiger partial charge in [-0.25, -0.2) is 0 Å². The molecule has 0 unspecified atom stereocenters. The van der Waals surface area contributed by atoms with Gasteiger partial charge in [-0.05, 0) is 31.0 Å². The Hall–Kier alpha value is -3.08. The van der Waals surface area contributed by atoms with Crippen molar-refractivity contribution >= 4 is 22.8 Å². The zero-order valence-corrected chi connectivity index (χ0v) is 15.5. The fraction of sp³-hybridized carbons (Fsp3) is 0.273. The summed E-state index contributed by atoms with van der Waals surface area (Å²) >= 11 is 0. The number of ether oxygens (including phenoxy) is 1. The summed E-state index contributed by atoms with van der Waals surface area (Å²) < 4.78 is 11.0. The highest BCUT2D eigenvalue weighted by Gasteiger charge is 2.21. The number of hydrogen-bond acceptors (Lipinski definition) is 4. The van der Waals surface area contributed by atoms with E-state index in [1.165, 1.54) is 0 Å². The van der Waals surface area contributed by atoms with Crippen molar-refractivity contribution < 1.29 is 18.7 Å². The maximum absolute atomic E-state index is 12.3. The highest BCUT2D eigenvalue weighted by atomic mass is 16.5. The second kappa shape index (κ2) is 8.54. The number of fused-ring (bicyclic) bond motifs is 1. The van der Waals surface area contributed by atoms with Gasteiger partial charge in [0.2, 0.25) is 0 Å². The molecule has 1 amide bonds. The van der Waals surface area contributed by atoms with Gasteiger partial charge in [-0.15, -0.1) is 0 Å². The van der Waals surface area contributed by atoms with E-state index >= 15 is 0 Å². The number of esters is 1. The number of carbonyl (C=O) groups excluding carboxylic acids is 2. The van der Waals surface area contributed by atoms with Crippen molar-refractivity contribution in [3.05, 3.63) is 72.0 Å². The number of carbonyl (C=O) groups is 2. The van der Waals surface area contributed by atoms with Crippen molar-refractivity contribution in [2.45, 2.75) is 32.2 Å². The van der Waals surface area contributed by atoms with E-state index in [0.717, 1.165) is 16.5 Å². The second-order valence-electron chi connectivity index (χ2n) is 6.46. The topological polar surface area (TPSA) is 68.5 Å². The van der Waals surface area contributed by atoms with Crippen LogP contribution in [-0.2, 0) is 14.3 Å². The van der Waals surface area contributed by atoms with E-state index in [4.69, 9.17) is 9.15 Å². The molecule has 1 N–H and O–H groups in total. The minimum absolute atomic E-state index is 0.313. The first-order chi connectivity index (χ1) is 13.1. The summed E-state index contributed by atoms with van der Waals surface area (Å²) in [5, 5.41) is 3.78. The molecule has 0 saturated carbocycles. The van der Waals surface area contributed by atoms with Gasteiger partial charge in [0.15, 0.2) is 6.61 Å². The molecule has 1 aromatic heterocycles. The number of para-hydroxylation sites is 1. The highest BCUT2D eigenvalue weighted by Crippen LogP contribution is 2.24. The summed E-state index contributed by atoms with van der Waals surface area (Å²) in [6, 6.07) is 18.7. The van der Waals surface area contributed by atoms with Gasteiger partial charge < -0.3 is 14.5 Å². The molecule has 5 heteroatoms. The van der Waals surface area contributed by atoms with Gasteiger partial charge in [-0.1, -0.05) is 55.5 Å². The molecule has 3 aromatic rings. The smallest absolute Gasteiger partial charge is 0.313 e. The number of hydrogen-bond donors (Lipinski definition) is 1. The van der Waals surface area contributed by atoms with Crippen LogP contribution in [-0.4, -0.2) is 18.5 Å². The molecule has 0 aliphatic carbocycles. The monoisotopic (exact) mass is 365 g/mol. The molecule has 0 spiro atoms. The van der Waals surface area contributed by atoms with Crippen LogP contribution >= 0.6 is 0 Å². The fourth-order valence-electron chi connectivity index (χ4n) is 3.03. The number of amides is 1. The highest BCUT2D eigenvalue weighted by molar-refractivity contribution is 5.84. The Labute approximate surface area is 158 Å². The Morgan fingerprint density at radius 1 is 1.07 bits per heavy atom. The SMILES string of the molecule is CC[C@@H](C(=O)OCC(=O)N[C@@H](C)c1cc2ccccc2o1)c1ccccc1. The van der Waals surface area contributed by atoms with Crippen LogP contribution in [0.15, 0.2) is 65.1 Å². The molecule has 0 aliphatic rings. The number of benzene rings is 2. The third kappa shape index (κ3) is 4.56. The summed E-state index contributed by atoms with van der Waals surface area (Å²) in [4.78, 5) is 24.5. The van der Waals surface area contributed by atoms with Crippen molar-refractivity contribution in [3.63, 3.8) is 0 Å². The molecule has 27 heavy (non-hydrogen) atoms. The predicted octanol–water partition coefficient (Wildman–Crippen LogP) is 4.35. The Morgan fingerprint density at radius 2 is 1.78 bits per heavy atom. The number of nitrogens with one attached hydrogen (secondary N) is 1. The molecule has 2 atom stereocenters. The van der Waals surface area contributed by atoms with Gasteiger partial charge in [0, 0.05) is 5.39 Å². The van der Waals surface area contributed by atoms with Gasteiger partial charge in [0.25, 0.3) is 5.91 Å². The van der Waals surface area contributed by atoms with Gasteiger partial charge >= 0.3 is 5.97 Å². The van der Waals surface area contributed by atoms with Gasteiger partial charge in [-0.2, -0.15) is 0 Å². The molecule has 3 rings (SSSR count). The molecule has 0 saturated heterocycles. The van der Waals surface area contributed by atoms with Gasteiger partial charge in [0.05, 0.1) is 12.0 Å². The second-order valence-corrected chi connectivity index (χ2v) is 6.46. The molecule has 140 valence electrons. The summed E-state index contributed by atoms with van der Waals surface area (Å²) in [6.45, 7) is 3.44. The van der Waals surface area contributed by atoms with Crippen LogP contribution in [0.4, 0.5) is 0 Å². The number of furan rings is 1. The van der Waals surface area contributed by atoms with Crippen LogP contribution < -0.4 is 5.32 Å². The predicted molar refractivity (Wildman–Crippen MR) is 103 cm³/mol. The summed E-state index contributed by atoms with van der Waals surface area (Å²) in [5.74, 6) is -0.465. The zero-order valence-electron chi connectivity index (χ0n) is 15.5. The average Bonchev–Trinajstić information content (AvgIpc) is 3.12. The standard InChI is InChI=1S/C22H23NO4/c1-3-18(16-9-5-4-6-10-16)22(25)26-14-21(24)23-15(2)20-13-17-11-7-8-12-19(17)27-20/h4-13,15,18H,3,14H2,1-2H3,(H,23,24)/t15-,18+/m0/s1. The molecule has 2 aromatic carbocycles. The maximum Gasteiger partial charge on any atom is 0.313 e. The maximum atomic E-state index is 12.3. The minimum Gasteiger partial charge on any atom is -0.459 e. The Morgan fingerprint density at radius 3 is 2.48 bits per heavy atom. The minimum atomic E-state index is -0.393. The molecular weight excluding hydrogens is 342 g/mol. The largest absolute Gasteiger partial charge is 0.459 e. The third-order valence-electron chi connectivity index (χ3n) is 4.49. The van der Waals surface area contributed by atoms with Crippen molar-refractivity contribution in [1.82, 2.24) is 5.32 Å². The van der Waals surface area contributed by atoms with Crippen LogP contribution in [0.1, 0.15) is 43.6 Å². The first-order valence-corrected chi connectivity index (χ1v) is 9.08. The fourth-order valence-corrected chi connectivity index (χ4v) is 3.03. The van der Waals surface area contributed by atoms with Crippen molar-refractivity contribution in [3.8, 4) is 0 Å². The van der Waals surface area contributed by atoms with E-state index in [2.05, 4.69) is 5.32 Å². The first-order valence-electron chi connectivity index (χ1n) is 9.08. The molecule has 0 aliphatic heterocycles. The lowest BCUT2D eigenvalue weighted by atomic mass is 9.97. The number of rotatable bonds is 7. The summed E-state index contributed by atoms with van der Waals surface area (Å²) in [7, 11) is 0. The lowest BCUT2D eigenvalue weighted by Crippen LogP contribution is -2.31. The Bertz CT molecular complexity index is 883. The molecule has 0 bridgehead atoms. The van der Waals surface area contributed by atoms with Crippen molar-refractivity contribution in [2.75, 3.05) is 6.61 Å². The molecule has 0 fully saturated rings. The van der Waals surface area contributed by atoms with Gasteiger partial charge in [0.1, 0.15) is 11.3 Å². The third-order valence-corrected chi connectivity index (χ3v) is 4.49. The molecule has 0 radical (unpaired) electrons. The molecule has 5 nitrogen and oxygen atoms in total. The van der Waals surface area contributed by atoms with E-state index < -0.39 is 5.97 Å². The van der Waals surface area contributed by atoms with Crippen LogP contribution in [0.5, 0.6) is 0 Å². The van der Waals surface area contributed by atoms with E-state index in [1.54, 1.807) is 0 Å². The van der Waals surface area contributed by atoms with Crippen molar-refractivity contribution in [2.24, 2.45) is 0 Å². The zero-order chi connectivity index (χ0) is 19.2. The van der Waals surface area contributed by atoms with E-state index in [1.807, 2.05) is 74.5 Å². The van der Waals surface area contributed by atoms with E-state index in [9.17, 15) is 9.59 Å². The van der Waals surface area contributed by atoms with Crippen molar-refractivity contribution in [1.29, 1.82) is 0 Å². The molecular formula is C22H23NO4. The lowest BCUT2D eigenvalue weighted by Gasteiger charge is -2.15. The van der Waals surface area contributed by atoms with Gasteiger partial charge in [-0.3, -0.25) is 9.59 Å².